The molecular formula is C48H53BrN12O6. The monoisotopic (exact) mass is 972 g/mol. The summed E-state index contributed by atoms with van der Waals surface area (Å²) >= 11 is 3.45. The second kappa shape index (κ2) is 18.7. The summed E-state index contributed by atoms with van der Waals surface area (Å²) in [7, 11) is 0. The largest absolute Gasteiger partial charge is 0.436 e. The number of aryl methyl sites for hydroxylation is 2. The number of aliphatic hydroxyl groups is 2. The Kier molecular flexibility index (Phi) is 13.0. The lowest BCUT2D eigenvalue weighted by molar-refractivity contribution is 0.0939. The van der Waals surface area contributed by atoms with Gasteiger partial charge in [-0.15, -0.1) is 5.10 Å². The number of carbonyl (C=O) groups excluding carboxylic acids is 3. The molecule has 5 aromatic heterocycles. The normalized spacial score (nSPS) is 13.7. The second-order valence-corrected chi connectivity index (χ2v) is 19.1. The summed E-state index contributed by atoms with van der Waals surface area (Å²) in [5, 5.41) is 41.9. The van der Waals surface area contributed by atoms with E-state index < -0.39 is 17.1 Å². The molecule has 0 aliphatic heterocycles. The molecule has 3 amide bonds. The molecule has 0 atom stereocenters. The van der Waals surface area contributed by atoms with E-state index in [1.807, 2.05) is 50.2 Å². The number of amides is 3. The summed E-state index contributed by atoms with van der Waals surface area (Å²) in [5.74, 6) is -0.233. The first kappa shape index (κ1) is 46.6. The van der Waals surface area contributed by atoms with E-state index in [-0.39, 0.29) is 41.6 Å². The van der Waals surface area contributed by atoms with Gasteiger partial charge in [0.15, 0.2) is 11.3 Å². The Balaban J connectivity index is 0.000000188. The number of halogens is 1. The zero-order valence-corrected chi connectivity index (χ0v) is 39.6. The predicted octanol–water partition coefficient (Wildman–Crippen LogP) is 6.61. The number of nitrogens with one attached hydrogen (secondary N) is 4. The number of anilines is 2. The minimum absolute atomic E-state index is 0.0198. The van der Waals surface area contributed by atoms with E-state index in [1.54, 1.807) is 61.3 Å². The van der Waals surface area contributed by atoms with Crippen LogP contribution in [-0.4, -0.2) is 98.5 Å². The number of nitrogens with zero attached hydrogens (tertiary/aromatic N) is 7. The maximum Gasteiger partial charge on any atom is 0.251 e. The van der Waals surface area contributed by atoms with Gasteiger partial charge in [0.25, 0.3) is 11.8 Å². The van der Waals surface area contributed by atoms with Crippen LogP contribution in [0.25, 0.3) is 33.8 Å². The number of benzene rings is 2. The third kappa shape index (κ3) is 11.5. The van der Waals surface area contributed by atoms with Crippen LogP contribution in [0, 0.1) is 13.8 Å². The van der Waals surface area contributed by atoms with Crippen molar-refractivity contribution in [1.82, 2.24) is 44.8 Å². The van der Waals surface area contributed by atoms with E-state index in [4.69, 9.17) is 10.5 Å². The van der Waals surface area contributed by atoms with Crippen molar-refractivity contribution < 1.29 is 29.3 Å². The molecule has 2 saturated carbocycles. The average Bonchev–Trinajstić information content (AvgIpc) is 4.18. The topological polar surface area (TPSA) is 248 Å². The average molecular weight is 974 g/mol. The molecule has 8 N–H and O–H groups in total. The van der Waals surface area contributed by atoms with Crippen molar-refractivity contribution in [3.05, 3.63) is 112 Å². The maximum atomic E-state index is 12.6. The smallest absolute Gasteiger partial charge is 0.251 e. The molecule has 0 spiro atoms. The Morgan fingerprint density at radius 2 is 1.21 bits per heavy atom. The predicted molar refractivity (Wildman–Crippen MR) is 257 cm³/mol. The number of hydrogen-bond acceptors (Lipinski definition) is 13. The lowest BCUT2D eigenvalue weighted by atomic mass is 10.0. The molecule has 2 aliphatic rings. The first-order chi connectivity index (χ1) is 31.8. The van der Waals surface area contributed by atoms with Gasteiger partial charge in [-0.1, -0.05) is 12.1 Å². The minimum atomic E-state index is -0.982. The van der Waals surface area contributed by atoms with Crippen LogP contribution in [0.15, 0.2) is 84.0 Å². The van der Waals surface area contributed by atoms with Crippen molar-refractivity contribution in [1.29, 1.82) is 0 Å². The molecule has 2 fully saturated rings. The summed E-state index contributed by atoms with van der Waals surface area (Å²) in [6.07, 6.45) is 10.4. The zero-order valence-electron chi connectivity index (χ0n) is 38.0. The highest BCUT2D eigenvalue weighted by atomic mass is 79.9. The quantitative estimate of drug-likeness (QED) is 0.0573. The molecule has 9 rings (SSSR count). The molecule has 0 unspecified atom stereocenters. The fourth-order valence-corrected chi connectivity index (χ4v) is 7.47. The van der Waals surface area contributed by atoms with Gasteiger partial charge in [0.05, 0.1) is 58.1 Å². The lowest BCUT2D eigenvalue weighted by Crippen LogP contribution is -2.29. The van der Waals surface area contributed by atoms with Crippen molar-refractivity contribution in [3.8, 4) is 34.1 Å². The Bertz CT molecular complexity index is 3020. The molecule has 0 bridgehead atoms. The molecule has 18 nitrogen and oxygen atoms in total. The van der Waals surface area contributed by atoms with Crippen molar-refractivity contribution in [3.63, 3.8) is 0 Å². The van der Waals surface area contributed by atoms with E-state index in [0.29, 0.717) is 51.0 Å². The first-order valence-electron chi connectivity index (χ1n) is 21.9. The van der Waals surface area contributed by atoms with Gasteiger partial charge in [0, 0.05) is 59.7 Å². The Morgan fingerprint density at radius 3 is 1.67 bits per heavy atom. The second-order valence-electron chi connectivity index (χ2n) is 18.3. The fraction of sp³-hybridized carbons (Fsp3) is 0.333. The SMILES string of the molecule is Cc1cc(-c2cnc3c(NCC(C)(C)O)cc(Br)nn23)ccc1C(=O)NC1CC1.Cc1cc(-c2cnc3c(NCC(C)(C)O)cc(Oc4cncc(C(N)=O)c4)nn23)ccc1C(=O)NC1CC1. The zero-order chi connectivity index (χ0) is 47.8. The Morgan fingerprint density at radius 1 is 0.716 bits per heavy atom. The molecule has 7 aromatic rings. The van der Waals surface area contributed by atoms with Gasteiger partial charge < -0.3 is 42.0 Å². The highest BCUT2D eigenvalue weighted by molar-refractivity contribution is 9.10. The van der Waals surface area contributed by atoms with Crippen molar-refractivity contribution in [2.75, 3.05) is 23.7 Å². The molecule has 0 radical (unpaired) electrons. The lowest BCUT2D eigenvalue weighted by Gasteiger charge is -2.19. The number of rotatable bonds is 15. The number of carbonyl (C=O) groups is 3. The first-order valence-corrected chi connectivity index (χ1v) is 22.7. The summed E-state index contributed by atoms with van der Waals surface area (Å²) in [4.78, 5) is 49.7. The molecule has 5 heterocycles. The number of imidazole rings is 2. The molecule has 2 aliphatic carbocycles. The molecular weight excluding hydrogens is 921 g/mol. The van der Waals surface area contributed by atoms with E-state index in [0.717, 1.165) is 59.3 Å². The number of fused-ring (bicyclic) bond motifs is 2. The third-order valence-corrected chi connectivity index (χ3v) is 11.3. The maximum absolute atomic E-state index is 12.6. The van der Waals surface area contributed by atoms with Crippen LogP contribution in [0.5, 0.6) is 11.6 Å². The van der Waals surface area contributed by atoms with E-state index in [9.17, 15) is 24.6 Å². The molecule has 19 heteroatoms. The van der Waals surface area contributed by atoms with Crippen LogP contribution in [-0.2, 0) is 0 Å². The Hall–Kier alpha value is -6.96. The standard InChI is InChI=1S/C27H29N7O4.C21H24BrN5O2/c1-15-8-16(4-7-20(15)26(36)32-18-5-6-18)22-13-30-25-21(31-14-27(2,3)37)10-23(33-34(22)25)38-19-9-17(24(28)35)11-29-12-19;1-12-8-13(4-7-15(12)20(28)25-14-5-6-14)17-10-23-19-16(24-11-21(2,3)29)9-18(22)26-27(17)19/h4,7-13,18,31,37H,5-6,14H2,1-3H3,(H2,28,35)(H,32,36);4,7-10,14,24,29H,5-6,11H2,1-3H3,(H,25,28). The number of primary amides is 1. The van der Waals surface area contributed by atoms with Crippen LogP contribution < -0.4 is 31.7 Å². The summed E-state index contributed by atoms with van der Waals surface area (Å²) < 4.78 is 9.98. The highest BCUT2D eigenvalue weighted by Gasteiger charge is 2.26. The molecule has 0 saturated heterocycles. The van der Waals surface area contributed by atoms with Gasteiger partial charge in [-0.25, -0.2) is 19.0 Å². The number of nitrogens with two attached hydrogens (primary N) is 1. The van der Waals surface area contributed by atoms with Gasteiger partial charge in [0.1, 0.15) is 10.4 Å². The van der Waals surface area contributed by atoms with Crippen LogP contribution in [0.4, 0.5) is 11.4 Å². The van der Waals surface area contributed by atoms with E-state index in [2.05, 4.69) is 62.3 Å². The van der Waals surface area contributed by atoms with Gasteiger partial charge in [-0.05, 0) is 131 Å². The van der Waals surface area contributed by atoms with Crippen LogP contribution >= 0.6 is 15.9 Å². The van der Waals surface area contributed by atoms with Crippen LogP contribution in [0.2, 0.25) is 0 Å². The van der Waals surface area contributed by atoms with Crippen molar-refractivity contribution in [2.45, 2.75) is 90.5 Å². The molecule has 67 heavy (non-hydrogen) atoms. The van der Waals surface area contributed by atoms with E-state index in [1.165, 1.54) is 18.5 Å². The summed E-state index contributed by atoms with van der Waals surface area (Å²) in [6.45, 7) is 11.3. The number of ether oxygens (including phenoxy) is 1. The molecule has 2 aromatic carbocycles. The Labute approximate surface area is 394 Å². The third-order valence-electron chi connectivity index (χ3n) is 10.9. The van der Waals surface area contributed by atoms with Crippen molar-refractivity contribution >= 4 is 56.3 Å². The minimum Gasteiger partial charge on any atom is -0.436 e. The molecule has 348 valence electrons. The van der Waals surface area contributed by atoms with Gasteiger partial charge >= 0.3 is 0 Å². The summed E-state index contributed by atoms with van der Waals surface area (Å²) in [5.41, 5.74) is 12.6. The number of aromatic nitrogens is 7. The fourth-order valence-electron chi connectivity index (χ4n) is 7.08. The van der Waals surface area contributed by atoms with Gasteiger partial charge in [-0.2, -0.15) is 5.10 Å². The number of pyridine rings is 1. The highest BCUT2D eigenvalue weighted by Crippen LogP contribution is 2.32. The van der Waals surface area contributed by atoms with Crippen LogP contribution in [0.3, 0.4) is 0 Å². The van der Waals surface area contributed by atoms with Crippen LogP contribution in [0.1, 0.15) is 95.6 Å². The van der Waals surface area contributed by atoms with E-state index >= 15 is 0 Å². The number of hydrogen-bond donors (Lipinski definition) is 7. The van der Waals surface area contributed by atoms with Crippen molar-refractivity contribution in [2.24, 2.45) is 5.73 Å². The van der Waals surface area contributed by atoms with Gasteiger partial charge in [0.2, 0.25) is 11.8 Å². The summed E-state index contributed by atoms with van der Waals surface area (Å²) in [6, 6.07) is 16.9. The van der Waals surface area contributed by atoms with Gasteiger partial charge in [-0.3, -0.25) is 19.4 Å².